The first-order valence-electron chi connectivity index (χ1n) is 6.19. The summed E-state index contributed by atoms with van der Waals surface area (Å²) < 4.78 is 26.9. The van der Waals surface area contributed by atoms with Crippen molar-refractivity contribution in [2.45, 2.75) is 37.7 Å². The first kappa shape index (κ1) is 17.0. The number of aryl methyl sites for hydroxylation is 1. The molecule has 4 nitrogen and oxygen atoms in total. The molecule has 0 aliphatic heterocycles. The van der Waals surface area contributed by atoms with Crippen LogP contribution >= 0.6 is 23.1 Å². The largest absolute Gasteiger partial charge is 0.391 e. The average molecular weight is 324 g/mol. The zero-order valence-electron chi connectivity index (χ0n) is 11.3. The third-order valence-corrected chi connectivity index (χ3v) is 6.32. The molecule has 0 unspecified atom stereocenters. The number of thiophene rings is 1. The van der Waals surface area contributed by atoms with E-state index in [0.717, 1.165) is 25.0 Å². The van der Waals surface area contributed by atoms with Crippen LogP contribution in [-0.4, -0.2) is 32.1 Å². The number of aliphatic hydroxyl groups is 1. The number of aliphatic hydroxyl groups excluding tert-OH is 1. The van der Waals surface area contributed by atoms with Gasteiger partial charge in [-0.3, -0.25) is 0 Å². The number of sulfonamides is 1. The van der Waals surface area contributed by atoms with Crippen molar-refractivity contribution >= 4 is 33.1 Å². The molecule has 0 radical (unpaired) electrons. The summed E-state index contributed by atoms with van der Waals surface area (Å²) >= 11 is 3.09. The topological polar surface area (TPSA) is 66.4 Å². The summed E-state index contributed by atoms with van der Waals surface area (Å²) in [6.45, 7) is 1.97. The Bertz CT molecular complexity index is 482. The molecule has 0 aliphatic rings. The average Bonchev–Trinajstić information content (AvgIpc) is 2.75. The lowest BCUT2D eigenvalue weighted by Crippen LogP contribution is -2.25. The molecule has 7 heteroatoms. The molecule has 0 saturated heterocycles. The molecule has 1 rings (SSSR count). The van der Waals surface area contributed by atoms with Crippen LogP contribution in [0, 0.1) is 6.92 Å². The molecule has 0 atom stereocenters. The molecule has 0 amide bonds. The van der Waals surface area contributed by atoms with Gasteiger partial charge in [0.15, 0.2) is 0 Å². The molecule has 1 heterocycles. The summed E-state index contributed by atoms with van der Waals surface area (Å²) in [7, 11) is -3.49. The standard InChI is InChI=1S/C12H21NO3S3/c1-10-9-18-11(8-14)12(10)19(15,16)13-6-4-3-5-7-17-2/h9,13-14H,3-8H2,1-2H3. The van der Waals surface area contributed by atoms with Crippen molar-refractivity contribution in [3.8, 4) is 0 Å². The van der Waals surface area contributed by atoms with E-state index in [2.05, 4.69) is 11.0 Å². The van der Waals surface area contributed by atoms with Crippen molar-refractivity contribution < 1.29 is 13.5 Å². The van der Waals surface area contributed by atoms with E-state index >= 15 is 0 Å². The molecule has 0 aromatic carbocycles. The zero-order valence-corrected chi connectivity index (χ0v) is 13.8. The van der Waals surface area contributed by atoms with E-state index < -0.39 is 10.0 Å². The molecule has 110 valence electrons. The normalized spacial score (nSPS) is 11.9. The molecule has 0 saturated carbocycles. The highest BCUT2D eigenvalue weighted by Gasteiger charge is 2.21. The molecule has 0 spiro atoms. The van der Waals surface area contributed by atoms with Gasteiger partial charge in [0, 0.05) is 6.54 Å². The third kappa shape index (κ3) is 5.07. The van der Waals surface area contributed by atoms with Crippen LogP contribution < -0.4 is 4.72 Å². The van der Waals surface area contributed by atoms with Gasteiger partial charge in [0.1, 0.15) is 4.90 Å². The minimum atomic E-state index is -3.49. The van der Waals surface area contributed by atoms with E-state index in [1.165, 1.54) is 11.3 Å². The Morgan fingerprint density at radius 1 is 1.37 bits per heavy atom. The van der Waals surface area contributed by atoms with E-state index in [1.54, 1.807) is 24.1 Å². The van der Waals surface area contributed by atoms with Crippen LogP contribution in [0.5, 0.6) is 0 Å². The highest BCUT2D eigenvalue weighted by molar-refractivity contribution is 7.98. The predicted octanol–water partition coefficient (Wildman–Crippen LogP) is 2.36. The minimum Gasteiger partial charge on any atom is -0.391 e. The van der Waals surface area contributed by atoms with Gasteiger partial charge < -0.3 is 5.11 Å². The maximum absolute atomic E-state index is 12.2. The smallest absolute Gasteiger partial charge is 0.242 e. The second-order valence-electron chi connectivity index (χ2n) is 4.28. The first-order valence-corrected chi connectivity index (χ1v) is 9.95. The fourth-order valence-electron chi connectivity index (χ4n) is 1.78. The van der Waals surface area contributed by atoms with E-state index in [4.69, 9.17) is 0 Å². The van der Waals surface area contributed by atoms with Gasteiger partial charge in [-0.05, 0) is 42.7 Å². The van der Waals surface area contributed by atoms with Crippen molar-refractivity contribution in [3.05, 3.63) is 15.8 Å². The molecule has 1 aromatic heterocycles. The molecular weight excluding hydrogens is 302 g/mol. The Hall–Kier alpha value is -0.0800. The molecule has 19 heavy (non-hydrogen) atoms. The summed E-state index contributed by atoms with van der Waals surface area (Å²) in [5, 5.41) is 10.9. The fraction of sp³-hybridized carbons (Fsp3) is 0.667. The van der Waals surface area contributed by atoms with E-state index in [0.29, 0.717) is 17.0 Å². The lowest BCUT2D eigenvalue weighted by atomic mass is 10.2. The molecule has 2 N–H and O–H groups in total. The monoisotopic (exact) mass is 323 g/mol. The van der Waals surface area contributed by atoms with Crippen molar-refractivity contribution in [1.29, 1.82) is 0 Å². The van der Waals surface area contributed by atoms with Crippen molar-refractivity contribution in [2.24, 2.45) is 0 Å². The molecule has 0 bridgehead atoms. The summed E-state index contributed by atoms with van der Waals surface area (Å²) in [6, 6.07) is 0. The van der Waals surface area contributed by atoms with Crippen LogP contribution in [0.1, 0.15) is 29.7 Å². The highest BCUT2D eigenvalue weighted by Crippen LogP contribution is 2.26. The van der Waals surface area contributed by atoms with Gasteiger partial charge in [0.05, 0.1) is 11.5 Å². The van der Waals surface area contributed by atoms with Crippen molar-refractivity contribution in [3.63, 3.8) is 0 Å². The number of unbranched alkanes of at least 4 members (excludes halogenated alkanes) is 2. The summed E-state index contributed by atoms with van der Waals surface area (Å²) in [6.07, 6.45) is 5.05. The predicted molar refractivity (Wildman–Crippen MR) is 82.4 cm³/mol. The molecule has 0 fully saturated rings. The molecule has 1 aromatic rings. The Kier molecular flexibility index (Phi) is 7.38. The van der Waals surface area contributed by atoms with Crippen LogP contribution in [0.25, 0.3) is 0 Å². The van der Waals surface area contributed by atoms with Gasteiger partial charge in [0.2, 0.25) is 10.0 Å². The van der Waals surface area contributed by atoms with E-state index in [-0.39, 0.29) is 11.5 Å². The van der Waals surface area contributed by atoms with Crippen molar-refractivity contribution in [2.75, 3.05) is 18.6 Å². The number of nitrogens with one attached hydrogen (secondary N) is 1. The second-order valence-corrected chi connectivity index (χ2v) is 7.93. The maximum Gasteiger partial charge on any atom is 0.242 e. The SMILES string of the molecule is CSCCCCCNS(=O)(=O)c1c(C)csc1CO. The lowest BCUT2D eigenvalue weighted by Gasteiger charge is -2.08. The van der Waals surface area contributed by atoms with Crippen LogP contribution in [0.2, 0.25) is 0 Å². The summed E-state index contributed by atoms with van der Waals surface area (Å²) in [4.78, 5) is 0.761. The van der Waals surface area contributed by atoms with Crippen LogP contribution in [0.15, 0.2) is 10.3 Å². The highest BCUT2D eigenvalue weighted by atomic mass is 32.2. The van der Waals surface area contributed by atoms with Gasteiger partial charge in [0.25, 0.3) is 0 Å². The quantitative estimate of drug-likeness (QED) is 0.685. The Morgan fingerprint density at radius 3 is 2.74 bits per heavy atom. The number of thioether (sulfide) groups is 1. The van der Waals surface area contributed by atoms with Gasteiger partial charge in [-0.25, -0.2) is 13.1 Å². The van der Waals surface area contributed by atoms with Crippen LogP contribution in [0.4, 0.5) is 0 Å². The Labute approximate surface area is 123 Å². The number of rotatable bonds is 9. The van der Waals surface area contributed by atoms with Gasteiger partial charge in [-0.2, -0.15) is 11.8 Å². The summed E-state index contributed by atoms with van der Waals surface area (Å²) in [5.74, 6) is 1.12. The summed E-state index contributed by atoms with van der Waals surface area (Å²) in [5.41, 5.74) is 0.698. The first-order chi connectivity index (χ1) is 9.03. The van der Waals surface area contributed by atoms with Gasteiger partial charge in [-0.15, -0.1) is 11.3 Å². The maximum atomic E-state index is 12.2. The lowest BCUT2D eigenvalue weighted by molar-refractivity contribution is 0.282. The Balaban J connectivity index is 2.54. The number of hydrogen-bond acceptors (Lipinski definition) is 5. The van der Waals surface area contributed by atoms with Crippen LogP contribution in [0.3, 0.4) is 0 Å². The van der Waals surface area contributed by atoms with E-state index in [1.807, 2.05) is 0 Å². The molecular formula is C12H21NO3S3. The fourth-order valence-corrected chi connectivity index (χ4v) is 5.01. The number of hydrogen-bond donors (Lipinski definition) is 2. The van der Waals surface area contributed by atoms with Gasteiger partial charge >= 0.3 is 0 Å². The molecule has 0 aliphatic carbocycles. The van der Waals surface area contributed by atoms with Gasteiger partial charge in [-0.1, -0.05) is 6.42 Å². The Morgan fingerprint density at radius 2 is 2.11 bits per heavy atom. The van der Waals surface area contributed by atoms with Crippen molar-refractivity contribution in [1.82, 2.24) is 4.72 Å². The third-order valence-electron chi connectivity index (χ3n) is 2.72. The second kappa shape index (κ2) is 8.26. The zero-order chi connectivity index (χ0) is 14.3. The van der Waals surface area contributed by atoms with E-state index in [9.17, 15) is 13.5 Å². The minimum absolute atomic E-state index is 0.234. The van der Waals surface area contributed by atoms with Crippen LogP contribution in [-0.2, 0) is 16.6 Å².